The molecule has 1 fully saturated rings. The molecule has 1 atom stereocenters. The lowest BCUT2D eigenvalue weighted by Crippen LogP contribution is -2.47. The largest absolute Gasteiger partial charge is 0.497 e. The Morgan fingerprint density at radius 1 is 1.00 bits per heavy atom. The van der Waals surface area contributed by atoms with Crippen molar-refractivity contribution in [1.82, 2.24) is 10.2 Å². The second-order valence-corrected chi connectivity index (χ2v) is 8.31. The second-order valence-electron chi connectivity index (χ2n) is 8.31. The minimum Gasteiger partial charge on any atom is -0.497 e. The van der Waals surface area contributed by atoms with E-state index < -0.39 is 24.5 Å². The van der Waals surface area contributed by atoms with Crippen LogP contribution in [0.25, 0.3) is 0 Å². The quantitative estimate of drug-likeness (QED) is 0.506. The molecule has 1 aliphatic heterocycles. The molecule has 2 amide bonds. The highest BCUT2D eigenvalue weighted by atomic mass is 16.5. The van der Waals surface area contributed by atoms with Crippen LogP contribution in [0.15, 0.2) is 18.2 Å². The molecule has 0 spiro atoms. The molecule has 34 heavy (non-hydrogen) atoms. The standard InChI is InChI=1S/C24H34N2O8/c1-6-33-23(29)16-7-9-26(10-8-16)20(27)14-34-24(30)21(15(2)3)25-22(28)17-11-18(31-4)13-19(12-17)32-5/h11-13,15-16,21H,6-10,14H2,1-5H3,(H,25,28)/t21-/m0/s1. The van der Waals surface area contributed by atoms with Crippen molar-refractivity contribution < 1.29 is 38.1 Å². The summed E-state index contributed by atoms with van der Waals surface area (Å²) in [5, 5.41) is 2.67. The van der Waals surface area contributed by atoms with Gasteiger partial charge in [-0.1, -0.05) is 13.8 Å². The smallest absolute Gasteiger partial charge is 0.329 e. The number of benzene rings is 1. The number of hydrogen-bond donors (Lipinski definition) is 1. The van der Waals surface area contributed by atoms with Gasteiger partial charge in [0, 0.05) is 24.7 Å². The van der Waals surface area contributed by atoms with Crippen molar-refractivity contribution in [2.75, 3.05) is 40.5 Å². The number of amides is 2. The summed E-state index contributed by atoms with van der Waals surface area (Å²) in [7, 11) is 2.95. The number of nitrogens with zero attached hydrogens (tertiary/aromatic N) is 1. The monoisotopic (exact) mass is 478 g/mol. The van der Waals surface area contributed by atoms with Gasteiger partial charge in [-0.15, -0.1) is 0 Å². The maximum Gasteiger partial charge on any atom is 0.329 e. The van der Waals surface area contributed by atoms with E-state index in [1.165, 1.54) is 26.4 Å². The minimum absolute atomic E-state index is 0.220. The van der Waals surface area contributed by atoms with Crippen LogP contribution in [0.2, 0.25) is 0 Å². The zero-order chi connectivity index (χ0) is 25.3. The van der Waals surface area contributed by atoms with Gasteiger partial charge in [0.15, 0.2) is 6.61 Å². The third-order valence-electron chi connectivity index (χ3n) is 5.63. The highest BCUT2D eigenvalue weighted by Gasteiger charge is 2.30. The van der Waals surface area contributed by atoms with Crippen molar-refractivity contribution in [3.63, 3.8) is 0 Å². The Hall–Kier alpha value is -3.30. The van der Waals surface area contributed by atoms with Gasteiger partial charge < -0.3 is 29.2 Å². The molecule has 1 saturated heterocycles. The van der Waals surface area contributed by atoms with E-state index in [0.29, 0.717) is 44.0 Å². The van der Waals surface area contributed by atoms with Gasteiger partial charge in [-0.25, -0.2) is 4.79 Å². The van der Waals surface area contributed by atoms with Crippen LogP contribution in [0.1, 0.15) is 44.0 Å². The van der Waals surface area contributed by atoms with Crippen LogP contribution in [0.3, 0.4) is 0 Å². The lowest BCUT2D eigenvalue weighted by atomic mass is 9.97. The van der Waals surface area contributed by atoms with Crippen molar-refractivity contribution in [2.45, 2.75) is 39.7 Å². The van der Waals surface area contributed by atoms with Crippen LogP contribution in [0, 0.1) is 11.8 Å². The summed E-state index contributed by atoms with van der Waals surface area (Å²) in [6, 6.07) is 3.74. The number of hydrogen-bond acceptors (Lipinski definition) is 8. The topological polar surface area (TPSA) is 120 Å². The minimum atomic E-state index is -0.952. The summed E-state index contributed by atoms with van der Waals surface area (Å²) in [5.74, 6) is -1.42. The van der Waals surface area contributed by atoms with Crippen LogP contribution in [-0.2, 0) is 23.9 Å². The Labute approximate surface area is 199 Å². The molecule has 1 heterocycles. The van der Waals surface area contributed by atoms with Crippen LogP contribution >= 0.6 is 0 Å². The number of ether oxygens (including phenoxy) is 4. The number of methoxy groups -OCH3 is 2. The van der Waals surface area contributed by atoms with E-state index in [4.69, 9.17) is 18.9 Å². The Balaban J connectivity index is 1.92. The first kappa shape index (κ1) is 26.9. The molecule has 0 saturated carbocycles. The fourth-order valence-electron chi connectivity index (χ4n) is 3.60. The molecular weight excluding hydrogens is 444 g/mol. The third kappa shape index (κ3) is 7.36. The van der Waals surface area contributed by atoms with Crippen molar-refractivity contribution in [2.24, 2.45) is 11.8 Å². The van der Waals surface area contributed by atoms with Crippen LogP contribution in [0.5, 0.6) is 11.5 Å². The number of nitrogens with one attached hydrogen (secondary N) is 1. The lowest BCUT2D eigenvalue weighted by molar-refractivity contribution is -0.156. The van der Waals surface area contributed by atoms with E-state index in [1.54, 1.807) is 31.7 Å². The van der Waals surface area contributed by atoms with Gasteiger partial charge in [-0.05, 0) is 37.8 Å². The highest BCUT2D eigenvalue weighted by molar-refractivity contribution is 5.97. The molecule has 1 N–H and O–H groups in total. The summed E-state index contributed by atoms with van der Waals surface area (Å²) >= 11 is 0. The Morgan fingerprint density at radius 2 is 1.59 bits per heavy atom. The summed E-state index contributed by atoms with van der Waals surface area (Å²) in [4.78, 5) is 51.4. The molecule has 10 heteroatoms. The number of rotatable bonds is 10. The van der Waals surface area contributed by atoms with E-state index in [-0.39, 0.29) is 29.3 Å². The predicted molar refractivity (Wildman–Crippen MR) is 123 cm³/mol. The fraction of sp³-hybridized carbons (Fsp3) is 0.583. The van der Waals surface area contributed by atoms with Gasteiger partial charge in [-0.2, -0.15) is 0 Å². The molecule has 1 aliphatic rings. The maximum atomic E-state index is 12.8. The van der Waals surface area contributed by atoms with E-state index in [1.807, 2.05) is 0 Å². The molecule has 0 radical (unpaired) electrons. The van der Waals surface area contributed by atoms with Crippen molar-refractivity contribution in [3.05, 3.63) is 23.8 Å². The first-order valence-electron chi connectivity index (χ1n) is 11.3. The van der Waals surface area contributed by atoms with E-state index >= 15 is 0 Å². The van der Waals surface area contributed by atoms with Crippen molar-refractivity contribution in [3.8, 4) is 11.5 Å². The summed E-state index contributed by atoms with van der Waals surface area (Å²) in [5.41, 5.74) is 0.259. The fourth-order valence-corrected chi connectivity index (χ4v) is 3.60. The Bertz CT molecular complexity index is 855. The summed E-state index contributed by atoms with van der Waals surface area (Å²) < 4.78 is 20.6. The Morgan fingerprint density at radius 3 is 2.09 bits per heavy atom. The van der Waals surface area contributed by atoms with Crippen LogP contribution < -0.4 is 14.8 Å². The van der Waals surface area contributed by atoms with Gasteiger partial charge in [0.05, 0.1) is 26.7 Å². The van der Waals surface area contributed by atoms with Gasteiger partial charge in [0.1, 0.15) is 17.5 Å². The SMILES string of the molecule is CCOC(=O)C1CCN(C(=O)COC(=O)[C@@H](NC(=O)c2cc(OC)cc(OC)c2)C(C)C)CC1. The molecule has 10 nitrogen and oxygen atoms in total. The number of carbonyl (C=O) groups is 4. The normalized spacial score (nSPS) is 14.8. The molecule has 0 unspecified atom stereocenters. The van der Waals surface area contributed by atoms with Crippen molar-refractivity contribution in [1.29, 1.82) is 0 Å². The van der Waals surface area contributed by atoms with Gasteiger partial charge in [0.25, 0.3) is 11.8 Å². The first-order chi connectivity index (χ1) is 16.2. The van der Waals surface area contributed by atoms with Gasteiger partial charge in [0.2, 0.25) is 0 Å². The summed E-state index contributed by atoms with van der Waals surface area (Å²) in [6.07, 6.45) is 1.01. The maximum absolute atomic E-state index is 12.8. The molecule has 1 aromatic carbocycles. The molecule has 0 aliphatic carbocycles. The molecule has 0 bridgehead atoms. The number of carbonyl (C=O) groups excluding carboxylic acids is 4. The molecular formula is C24H34N2O8. The molecule has 0 aromatic heterocycles. The van der Waals surface area contributed by atoms with Crippen molar-refractivity contribution >= 4 is 23.8 Å². The first-order valence-corrected chi connectivity index (χ1v) is 11.3. The Kier molecular flexibility index (Phi) is 10.2. The zero-order valence-corrected chi connectivity index (χ0v) is 20.4. The number of piperidine rings is 1. The highest BCUT2D eigenvalue weighted by Crippen LogP contribution is 2.23. The van der Waals surface area contributed by atoms with Gasteiger partial charge >= 0.3 is 11.9 Å². The van der Waals surface area contributed by atoms with Gasteiger partial charge in [-0.3, -0.25) is 14.4 Å². The molecule has 2 rings (SSSR count). The summed E-state index contributed by atoms with van der Waals surface area (Å²) in [6.45, 7) is 5.96. The number of esters is 2. The van der Waals surface area contributed by atoms with E-state index in [0.717, 1.165) is 0 Å². The molecule has 188 valence electrons. The lowest BCUT2D eigenvalue weighted by Gasteiger charge is -2.31. The average Bonchev–Trinajstić information content (AvgIpc) is 2.84. The zero-order valence-electron chi connectivity index (χ0n) is 20.4. The number of likely N-dealkylation sites (tertiary alicyclic amines) is 1. The molecule has 1 aromatic rings. The van der Waals surface area contributed by atoms with E-state index in [9.17, 15) is 19.2 Å². The van der Waals surface area contributed by atoms with Crippen LogP contribution in [-0.4, -0.2) is 75.2 Å². The van der Waals surface area contributed by atoms with Crippen LogP contribution in [0.4, 0.5) is 0 Å². The average molecular weight is 479 g/mol. The third-order valence-corrected chi connectivity index (χ3v) is 5.63. The second kappa shape index (κ2) is 12.8. The van der Waals surface area contributed by atoms with E-state index in [2.05, 4.69) is 5.32 Å². The predicted octanol–water partition coefficient (Wildman–Crippen LogP) is 1.80.